The minimum absolute atomic E-state index is 0.161. The molecule has 11 aromatic rings. The van der Waals surface area contributed by atoms with Gasteiger partial charge in [0.1, 0.15) is 0 Å². The Bertz CT molecular complexity index is 3450. The molecule has 278 valence electrons. The molecule has 0 radical (unpaired) electrons. The molecule has 0 fully saturated rings. The van der Waals surface area contributed by atoms with Gasteiger partial charge in [0.15, 0.2) is 11.6 Å². The predicted molar refractivity (Wildman–Crippen MR) is 242 cm³/mol. The molecule has 8 aromatic carbocycles. The summed E-state index contributed by atoms with van der Waals surface area (Å²) >= 11 is 0. The maximum atomic E-state index is 5.39. The first-order valence-electron chi connectivity index (χ1n) is 20.2. The molecule has 1 aliphatic carbocycles. The van der Waals surface area contributed by atoms with Crippen molar-refractivity contribution >= 4 is 43.6 Å². The highest BCUT2D eigenvalue weighted by Crippen LogP contribution is 2.51. The van der Waals surface area contributed by atoms with Crippen LogP contribution in [0.15, 0.2) is 188 Å². The van der Waals surface area contributed by atoms with E-state index >= 15 is 0 Å². The standard InChI is InChI=1S/C54H37N5/c1-54(2)45-22-12-9-19-39(45)42-32-44-41-21-11-14-24-48(41)59(50(44)33-46(42)54)53-56-51(36-27-25-35(26-28-36)34-15-5-3-6-16-34)55-52(57-53)37-29-30-49-43(31-37)40-20-10-13-23-47(40)58(49)38-17-7-4-8-18-38/h3-33H,1-2H3. The Labute approximate surface area is 341 Å². The maximum Gasteiger partial charge on any atom is 0.238 e. The molecule has 0 amide bonds. The molecule has 12 rings (SSSR count). The molecule has 59 heavy (non-hydrogen) atoms. The van der Waals surface area contributed by atoms with Crippen molar-refractivity contribution in [1.82, 2.24) is 24.1 Å². The van der Waals surface area contributed by atoms with Gasteiger partial charge < -0.3 is 4.57 Å². The fraction of sp³-hybridized carbons (Fsp3) is 0.0556. The molecule has 5 heteroatoms. The van der Waals surface area contributed by atoms with E-state index in [0.717, 1.165) is 49.8 Å². The molecular formula is C54H37N5. The van der Waals surface area contributed by atoms with Crippen LogP contribution in [0, 0.1) is 0 Å². The molecule has 0 N–H and O–H groups in total. The van der Waals surface area contributed by atoms with Gasteiger partial charge in [-0.2, -0.15) is 9.97 Å². The van der Waals surface area contributed by atoms with Crippen molar-refractivity contribution in [2.75, 3.05) is 0 Å². The van der Waals surface area contributed by atoms with Crippen LogP contribution in [0.5, 0.6) is 0 Å². The molecule has 5 nitrogen and oxygen atoms in total. The summed E-state index contributed by atoms with van der Waals surface area (Å²) in [5.74, 6) is 1.83. The van der Waals surface area contributed by atoms with Crippen molar-refractivity contribution in [3.05, 3.63) is 199 Å². The van der Waals surface area contributed by atoms with Gasteiger partial charge in [-0.3, -0.25) is 4.57 Å². The largest absolute Gasteiger partial charge is 0.309 e. The third-order valence-electron chi connectivity index (χ3n) is 12.4. The van der Waals surface area contributed by atoms with E-state index in [-0.39, 0.29) is 5.41 Å². The third kappa shape index (κ3) is 5.08. The number of benzene rings is 8. The van der Waals surface area contributed by atoms with E-state index in [4.69, 9.17) is 15.0 Å². The molecule has 3 aromatic heterocycles. The van der Waals surface area contributed by atoms with Gasteiger partial charge in [-0.15, -0.1) is 0 Å². The fourth-order valence-electron chi connectivity index (χ4n) is 9.51. The summed E-state index contributed by atoms with van der Waals surface area (Å²) in [4.78, 5) is 16.0. The Morgan fingerprint density at radius 1 is 0.356 bits per heavy atom. The Morgan fingerprint density at radius 3 is 1.64 bits per heavy atom. The number of nitrogens with zero attached hydrogens (tertiary/aromatic N) is 5. The van der Waals surface area contributed by atoms with Crippen molar-refractivity contribution in [3.63, 3.8) is 0 Å². The number of aromatic nitrogens is 5. The Morgan fingerprint density at radius 2 is 0.898 bits per heavy atom. The van der Waals surface area contributed by atoms with Gasteiger partial charge in [0.05, 0.1) is 22.1 Å². The summed E-state index contributed by atoms with van der Waals surface area (Å²) in [7, 11) is 0. The van der Waals surface area contributed by atoms with E-state index in [0.29, 0.717) is 17.6 Å². The van der Waals surface area contributed by atoms with Crippen molar-refractivity contribution in [2.24, 2.45) is 0 Å². The molecule has 0 bridgehead atoms. The smallest absolute Gasteiger partial charge is 0.238 e. The van der Waals surface area contributed by atoms with E-state index < -0.39 is 0 Å². The lowest BCUT2D eigenvalue weighted by Gasteiger charge is -2.21. The number of rotatable bonds is 5. The molecule has 0 saturated heterocycles. The molecule has 3 heterocycles. The van der Waals surface area contributed by atoms with Crippen LogP contribution in [0.3, 0.4) is 0 Å². The summed E-state index contributed by atoms with van der Waals surface area (Å²) < 4.78 is 4.58. The second-order valence-corrected chi connectivity index (χ2v) is 16.1. The molecular weight excluding hydrogens is 719 g/mol. The zero-order chi connectivity index (χ0) is 39.2. The van der Waals surface area contributed by atoms with Gasteiger partial charge in [0, 0.05) is 43.8 Å². The van der Waals surface area contributed by atoms with Gasteiger partial charge >= 0.3 is 0 Å². The van der Waals surface area contributed by atoms with E-state index in [1.165, 1.54) is 44.0 Å². The summed E-state index contributed by atoms with van der Waals surface area (Å²) in [6, 6.07) is 67.0. The molecule has 0 unspecified atom stereocenters. The van der Waals surface area contributed by atoms with Crippen LogP contribution >= 0.6 is 0 Å². The second kappa shape index (κ2) is 12.7. The van der Waals surface area contributed by atoms with Crippen LogP contribution in [0.1, 0.15) is 25.0 Å². The van der Waals surface area contributed by atoms with E-state index in [1.807, 2.05) is 6.07 Å². The Balaban J connectivity index is 1.11. The highest BCUT2D eigenvalue weighted by molar-refractivity contribution is 6.12. The molecule has 0 aliphatic heterocycles. The van der Waals surface area contributed by atoms with Crippen LogP contribution < -0.4 is 0 Å². The SMILES string of the molecule is CC1(C)c2ccccc2-c2cc3c4ccccc4n(-c4nc(-c5ccc(-c6ccccc6)cc5)nc(-c5ccc6c(c5)c5ccccc5n6-c5ccccc5)n4)c3cc21. The lowest BCUT2D eigenvalue weighted by atomic mass is 9.82. The van der Waals surface area contributed by atoms with Crippen molar-refractivity contribution in [1.29, 1.82) is 0 Å². The number of hydrogen-bond acceptors (Lipinski definition) is 3. The van der Waals surface area contributed by atoms with Gasteiger partial charge in [-0.25, -0.2) is 4.98 Å². The van der Waals surface area contributed by atoms with E-state index in [9.17, 15) is 0 Å². The van der Waals surface area contributed by atoms with Crippen LogP contribution in [-0.4, -0.2) is 24.1 Å². The van der Waals surface area contributed by atoms with Crippen molar-refractivity contribution < 1.29 is 0 Å². The minimum atomic E-state index is -0.161. The van der Waals surface area contributed by atoms with Crippen LogP contribution in [0.25, 0.3) is 100 Å². The van der Waals surface area contributed by atoms with Gasteiger partial charge in [-0.1, -0.05) is 147 Å². The zero-order valence-electron chi connectivity index (χ0n) is 32.6. The Kier molecular flexibility index (Phi) is 7.20. The monoisotopic (exact) mass is 755 g/mol. The normalized spacial score (nSPS) is 13.1. The number of fused-ring (bicyclic) bond motifs is 9. The average molecular weight is 756 g/mol. The Hall–Kier alpha value is -7.63. The topological polar surface area (TPSA) is 48.5 Å². The quantitative estimate of drug-likeness (QED) is 0.176. The minimum Gasteiger partial charge on any atom is -0.309 e. The first-order chi connectivity index (χ1) is 29.0. The lowest BCUT2D eigenvalue weighted by molar-refractivity contribution is 0.661. The maximum absolute atomic E-state index is 5.39. The zero-order valence-corrected chi connectivity index (χ0v) is 32.6. The van der Waals surface area contributed by atoms with Crippen LogP contribution in [0.4, 0.5) is 0 Å². The fourth-order valence-corrected chi connectivity index (χ4v) is 9.51. The lowest BCUT2D eigenvalue weighted by Crippen LogP contribution is -2.15. The summed E-state index contributed by atoms with van der Waals surface area (Å²) in [6.07, 6.45) is 0. The van der Waals surface area contributed by atoms with E-state index in [2.05, 4.69) is 205 Å². The number of hydrogen-bond donors (Lipinski definition) is 0. The molecule has 0 atom stereocenters. The highest BCUT2D eigenvalue weighted by atomic mass is 15.2. The third-order valence-corrected chi connectivity index (χ3v) is 12.4. The first-order valence-corrected chi connectivity index (χ1v) is 20.2. The van der Waals surface area contributed by atoms with Crippen LogP contribution in [0.2, 0.25) is 0 Å². The predicted octanol–water partition coefficient (Wildman–Crippen LogP) is 13.4. The average Bonchev–Trinajstić information content (AvgIpc) is 3.88. The molecule has 0 spiro atoms. The van der Waals surface area contributed by atoms with Gasteiger partial charge in [0.25, 0.3) is 0 Å². The van der Waals surface area contributed by atoms with Crippen molar-refractivity contribution in [2.45, 2.75) is 19.3 Å². The summed E-state index contributed by atoms with van der Waals surface area (Å²) in [5.41, 5.74) is 14.8. The highest BCUT2D eigenvalue weighted by Gasteiger charge is 2.36. The molecule has 0 saturated carbocycles. The number of para-hydroxylation sites is 3. The van der Waals surface area contributed by atoms with Gasteiger partial charge in [0.2, 0.25) is 5.95 Å². The van der Waals surface area contributed by atoms with Crippen LogP contribution in [-0.2, 0) is 5.41 Å². The first kappa shape index (κ1) is 33.5. The second-order valence-electron chi connectivity index (χ2n) is 16.1. The summed E-state index contributed by atoms with van der Waals surface area (Å²) in [6.45, 7) is 4.67. The molecule has 1 aliphatic rings. The van der Waals surface area contributed by atoms with Gasteiger partial charge in [-0.05, 0) is 88.0 Å². The van der Waals surface area contributed by atoms with E-state index in [1.54, 1.807) is 0 Å². The summed E-state index contributed by atoms with van der Waals surface area (Å²) in [5, 5.41) is 4.67. The van der Waals surface area contributed by atoms with Crippen molar-refractivity contribution in [3.8, 4) is 56.7 Å².